The van der Waals surface area contributed by atoms with Gasteiger partial charge in [-0.15, -0.1) is 0 Å². The Balaban J connectivity index is 1.79. The molecule has 0 unspecified atom stereocenters. The SMILES string of the molecule is C[C@H]1C[C@@H]2[C@H]([C@@H](O)C[C@@]3(C)[C@H]2CC[C@]3(O)C(=O)C=O)[C@@]2(C)C=CC(=O)C=C12. The molecular weight excluding hydrogens is 344 g/mol. The van der Waals surface area contributed by atoms with Crippen molar-refractivity contribution < 1.29 is 24.6 Å². The lowest BCUT2D eigenvalue weighted by Crippen LogP contribution is -2.62. The van der Waals surface area contributed by atoms with Crippen molar-refractivity contribution >= 4 is 17.9 Å². The predicted molar refractivity (Wildman–Crippen MR) is 98.6 cm³/mol. The van der Waals surface area contributed by atoms with Gasteiger partial charge in [0.1, 0.15) is 5.60 Å². The topological polar surface area (TPSA) is 91.7 Å². The van der Waals surface area contributed by atoms with E-state index in [-0.39, 0.29) is 48.6 Å². The fraction of sp³-hybridized carbons (Fsp3) is 0.682. The third-order valence-corrected chi connectivity index (χ3v) is 8.48. The first-order chi connectivity index (χ1) is 12.6. The molecule has 146 valence electrons. The van der Waals surface area contributed by atoms with Crippen LogP contribution in [0.4, 0.5) is 0 Å². The number of carbonyl (C=O) groups is 3. The lowest BCUT2D eigenvalue weighted by molar-refractivity contribution is -0.178. The summed E-state index contributed by atoms with van der Waals surface area (Å²) in [6.07, 6.45) is 6.83. The highest BCUT2D eigenvalue weighted by Gasteiger charge is 2.68. The summed E-state index contributed by atoms with van der Waals surface area (Å²) in [6, 6.07) is 0. The van der Waals surface area contributed by atoms with Crippen molar-refractivity contribution in [1.82, 2.24) is 0 Å². The summed E-state index contributed by atoms with van der Waals surface area (Å²) in [5, 5.41) is 22.4. The van der Waals surface area contributed by atoms with Crippen molar-refractivity contribution in [2.45, 2.75) is 58.2 Å². The first-order valence-corrected chi connectivity index (χ1v) is 9.94. The Morgan fingerprint density at radius 1 is 1.33 bits per heavy atom. The minimum Gasteiger partial charge on any atom is -0.393 e. The molecule has 0 spiro atoms. The van der Waals surface area contributed by atoms with Gasteiger partial charge in [0.15, 0.2) is 12.1 Å². The Bertz CT molecular complexity index is 782. The summed E-state index contributed by atoms with van der Waals surface area (Å²) < 4.78 is 0. The predicted octanol–water partition coefficient (Wildman–Crippen LogP) is 2.01. The van der Waals surface area contributed by atoms with Gasteiger partial charge in [0.2, 0.25) is 5.78 Å². The standard InChI is InChI=1S/C22H28O5/c1-12-8-14-15-5-7-22(27,18(26)11-23)21(15,3)10-17(25)19(14)20(2)6-4-13(24)9-16(12)20/h4,6,9,11-12,14-15,17,19,25,27H,5,7-8,10H2,1-3H3/t12-,14-,15-,17-,19+,20-,21-,22-/m0/s1. The molecule has 0 amide bonds. The van der Waals surface area contributed by atoms with Crippen molar-refractivity contribution in [2.24, 2.45) is 34.5 Å². The van der Waals surface area contributed by atoms with Crippen molar-refractivity contribution in [3.63, 3.8) is 0 Å². The van der Waals surface area contributed by atoms with Gasteiger partial charge in [-0.1, -0.05) is 32.4 Å². The molecular formula is C22H28O5. The van der Waals surface area contributed by atoms with E-state index in [1.54, 1.807) is 12.2 Å². The number of ketones is 2. The van der Waals surface area contributed by atoms with Gasteiger partial charge < -0.3 is 10.2 Å². The molecule has 0 radical (unpaired) electrons. The number of aldehydes is 1. The first-order valence-electron chi connectivity index (χ1n) is 9.94. The maximum absolute atomic E-state index is 12.3. The highest BCUT2D eigenvalue weighted by atomic mass is 16.3. The first kappa shape index (κ1) is 18.8. The van der Waals surface area contributed by atoms with Gasteiger partial charge >= 0.3 is 0 Å². The average molecular weight is 372 g/mol. The lowest BCUT2D eigenvalue weighted by Gasteiger charge is -2.60. The number of allylic oxidation sites excluding steroid dienone is 4. The number of fused-ring (bicyclic) bond motifs is 5. The Hall–Kier alpha value is -1.59. The maximum Gasteiger partial charge on any atom is 0.227 e. The van der Waals surface area contributed by atoms with Gasteiger partial charge in [-0.05, 0) is 55.6 Å². The van der Waals surface area contributed by atoms with Crippen molar-refractivity contribution in [3.05, 3.63) is 23.8 Å². The van der Waals surface area contributed by atoms with Gasteiger partial charge in [0.25, 0.3) is 0 Å². The molecule has 2 N–H and O–H groups in total. The minimum absolute atomic E-state index is 0.00488. The Kier molecular flexibility index (Phi) is 3.97. The molecule has 27 heavy (non-hydrogen) atoms. The quantitative estimate of drug-likeness (QED) is 0.571. The van der Waals surface area contributed by atoms with Gasteiger partial charge in [0.05, 0.1) is 6.10 Å². The Morgan fingerprint density at radius 3 is 2.70 bits per heavy atom. The van der Waals surface area contributed by atoms with Crippen LogP contribution in [0.2, 0.25) is 0 Å². The van der Waals surface area contributed by atoms with E-state index in [0.29, 0.717) is 6.42 Å². The van der Waals surface area contributed by atoms with E-state index >= 15 is 0 Å². The van der Waals surface area contributed by atoms with E-state index in [0.717, 1.165) is 12.0 Å². The zero-order chi connectivity index (χ0) is 19.8. The number of Topliss-reactive ketones (excluding diaryl/α,β-unsaturated/α-hetero) is 1. The van der Waals surface area contributed by atoms with Crippen LogP contribution in [0.3, 0.4) is 0 Å². The fourth-order valence-corrected chi connectivity index (χ4v) is 7.26. The van der Waals surface area contributed by atoms with Crippen LogP contribution >= 0.6 is 0 Å². The molecule has 4 aliphatic carbocycles. The summed E-state index contributed by atoms with van der Waals surface area (Å²) in [5.74, 6) is -0.452. The molecule has 0 saturated heterocycles. The van der Waals surface area contributed by atoms with E-state index in [1.165, 1.54) is 0 Å². The normalized spacial score (nSPS) is 51.1. The van der Waals surface area contributed by atoms with Crippen molar-refractivity contribution in [2.75, 3.05) is 0 Å². The van der Waals surface area contributed by atoms with Crippen LogP contribution in [-0.2, 0) is 14.4 Å². The second-order valence-electron chi connectivity index (χ2n) is 9.62. The number of aliphatic hydroxyl groups is 2. The summed E-state index contributed by atoms with van der Waals surface area (Å²) in [7, 11) is 0. The molecule has 3 saturated carbocycles. The van der Waals surface area contributed by atoms with Gasteiger partial charge in [-0.2, -0.15) is 0 Å². The zero-order valence-electron chi connectivity index (χ0n) is 16.1. The highest BCUT2D eigenvalue weighted by Crippen LogP contribution is 2.67. The molecule has 5 nitrogen and oxygen atoms in total. The minimum atomic E-state index is -1.69. The van der Waals surface area contributed by atoms with Gasteiger partial charge in [-0.3, -0.25) is 14.4 Å². The monoisotopic (exact) mass is 372 g/mol. The molecule has 4 rings (SSSR count). The maximum atomic E-state index is 12.3. The van der Waals surface area contributed by atoms with Crippen LogP contribution in [0.15, 0.2) is 23.8 Å². The number of hydrogen-bond donors (Lipinski definition) is 2. The van der Waals surface area contributed by atoms with Gasteiger partial charge in [-0.25, -0.2) is 0 Å². The van der Waals surface area contributed by atoms with Crippen LogP contribution in [0.1, 0.15) is 46.5 Å². The Labute approximate surface area is 159 Å². The molecule has 8 atom stereocenters. The Morgan fingerprint density at radius 2 is 2.04 bits per heavy atom. The molecule has 4 aliphatic rings. The number of carbonyl (C=O) groups excluding carboxylic acids is 3. The summed E-state index contributed by atoms with van der Waals surface area (Å²) in [4.78, 5) is 35.4. The molecule has 0 bridgehead atoms. The van der Waals surface area contributed by atoms with Crippen LogP contribution in [0, 0.1) is 34.5 Å². The van der Waals surface area contributed by atoms with Gasteiger partial charge in [0, 0.05) is 16.7 Å². The molecule has 0 aromatic rings. The van der Waals surface area contributed by atoms with Crippen LogP contribution in [0.5, 0.6) is 0 Å². The smallest absolute Gasteiger partial charge is 0.227 e. The summed E-state index contributed by atoms with van der Waals surface area (Å²) in [5.41, 5.74) is -1.82. The van der Waals surface area contributed by atoms with E-state index in [4.69, 9.17) is 0 Å². The van der Waals surface area contributed by atoms with E-state index in [1.807, 2.05) is 13.0 Å². The molecule has 0 heterocycles. The van der Waals surface area contributed by atoms with Crippen molar-refractivity contribution in [1.29, 1.82) is 0 Å². The third kappa shape index (κ3) is 2.21. The average Bonchev–Trinajstić information content (AvgIpc) is 2.87. The second-order valence-corrected chi connectivity index (χ2v) is 9.62. The van der Waals surface area contributed by atoms with Crippen LogP contribution in [0.25, 0.3) is 0 Å². The number of rotatable bonds is 2. The molecule has 3 fully saturated rings. The van der Waals surface area contributed by atoms with E-state index in [2.05, 4.69) is 13.8 Å². The molecule has 5 heteroatoms. The van der Waals surface area contributed by atoms with Crippen molar-refractivity contribution in [3.8, 4) is 0 Å². The largest absolute Gasteiger partial charge is 0.393 e. The molecule has 0 aliphatic heterocycles. The molecule has 0 aromatic carbocycles. The highest BCUT2D eigenvalue weighted by molar-refractivity contribution is 6.29. The van der Waals surface area contributed by atoms with Crippen LogP contribution < -0.4 is 0 Å². The number of aliphatic hydroxyl groups excluding tert-OH is 1. The lowest BCUT2D eigenvalue weighted by atomic mass is 9.45. The number of hydrogen-bond acceptors (Lipinski definition) is 5. The molecule has 0 aromatic heterocycles. The summed E-state index contributed by atoms with van der Waals surface area (Å²) in [6.45, 7) is 6.07. The summed E-state index contributed by atoms with van der Waals surface area (Å²) >= 11 is 0. The van der Waals surface area contributed by atoms with E-state index in [9.17, 15) is 24.6 Å². The second kappa shape index (κ2) is 5.71. The fourth-order valence-electron chi connectivity index (χ4n) is 7.26. The zero-order valence-corrected chi connectivity index (χ0v) is 16.1. The van der Waals surface area contributed by atoms with E-state index < -0.39 is 28.3 Å². The van der Waals surface area contributed by atoms with Crippen LogP contribution in [-0.4, -0.2) is 39.8 Å². The third-order valence-electron chi connectivity index (χ3n) is 8.48.